The van der Waals surface area contributed by atoms with Crippen molar-refractivity contribution >= 4 is 35.0 Å². The van der Waals surface area contributed by atoms with Gasteiger partial charge in [0.25, 0.3) is 0 Å². The third-order valence-corrected chi connectivity index (χ3v) is 7.16. The molecular formula is C25H20Cl2N6S. The fourth-order valence-electron chi connectivity index (χ4n) is 3.57. The minimum absolute atomic E-state index is 0.441. The van der Waals surface area contributed by atoms with Crippen LogP contribution in [0.1, 0.15) is 16.7 Å². The summed E-state index contributed by atoms with van der Waals surface area (Å²) in [4.78, 5) is 1.60. The van der Waals surface area contributed by atoms with Gasteiger partial charge in [-0.2, -0.15) is 9.90 Å². The van der Waals surface area contributed by atoms with Crippen LogP contribution in [0.3, 0.4) is 0 Å². The lowest BCUT2D eigenvalue weighted by molar-refractivity contribution is 0.572. The monoisotopic (exact) mass is 506 g/mol. The molecule has 3 aromatic carbocycles. The molecule has 34 heavy (non-hydrogen) atoms. The number of rotatable bonds is 7. The summed E-state index contributed by atoms with van der Waals surface area (Å²) >= 11 is 14.5. The van der Waals surface area contributed by atoms with Gasteiger partial charge >= 0.3 is 0 Å². The number of benzene rings is 3. The number of tetrazole rings is 1. The summed E-state index contributed by atoms with van der Waals surface area (Å²) in [6.45, 7) is 2.60. The number of aromatic nitrogens is 6. The molecular weight excluding hydrogens is 487 g/mol. The molecule has 0 bridgehead atoms. The lowest BCUT2D eigenvalue weighted by atomic mass is 10.1. The molecule has 0 saturated carbocycles. The van der Waals surface area contributed by atoms with Crippen LogP contribution in [0.25, 0.3) is 17.1 Å². The van der Waals surface area contributed by atoms with E-state index >= 15 is 0 Å². The van der Waals surface area contributed by atoms with Gasteiger partial charge in [-0.15, -0.1) is 22.0 Å². The molecule has 0 atom stereocenters. The number of thioether (sulfide) groups is 1. The van der Waals surface area contributed by atoms with Crippen LogP contribution in [0, 0.1) is 6.92 Å². The van der Waals surface area contributed by atoms with Gasteiger partial charge in [0.1, 0.15) is 5.03 Å². The Morgan fingerprint density at radius 2 is 1.71 bits per heavy atom. The third kappa shape index (κ3) is 4.87. The van der Waals surface area contributed by atoms with Crippen LogP contribution >= 0.6 is 35.0 Å². The van der Waals surface area contributed by atoms with Crippen molar-refractivity contribution < 1.29 is 0 Å². The molecule has 0 radical (unpaired) electrons. The first-order chi connectivity index (χ1) is 16.6. The molecule has 2 aromatic heterocycles. The molecule has 0 amide bonds. The molecule has 5 rings (SSSR count). The van der Waals surface area contributed by atoms with Crippen molar-refractivity contribution in [1.29, 1.82) is 0 Å². The van der Waals surface area contributed by atoms with E-state index in [0.29, 0.717) is 28.1 Å². The molecule has 0 N–H and O–H groups in total. The van der Waals surface area contributed by atoms with Gasteiger partial charge in [0.15, 0.2) is 0 Å². The van der Waals surface area contributed by atoms with Gasteiger partial charge in [-0.3, -0.25) is 0 Å². The van der Waals surface area contributed by atoms with Crippen molar-refractivity contribution in [2.24, 2.45) is 0 Å². The second-order valence-corrected chi connectivity index (χ2v) is 9.50. The van der Waals surface area contributed by atoms with E-state index in [4.69, 9.17) is 23.2 Å². The van der Waals surface area contributed by atoms with E-state index in [9.17, 15) is 0 Å². The number of hydrogen-bond donors (Lipinski definition) is 0. The van der Waals surface area contributed by atoms with Crippen LogP contribution in [0.4, 0.5) is 0 Å². The van der Waals surface area contributed by atoms with Crippen LogP contribution in [0.2, 0.25) is 10.0 Å². The maximum absolute atomic E-state index is 6.53. The van der Waals surface area contributed by atoms with Crippen molar-refractivity contribution in [3.63, 3.8) is 0 Å². The summed E-state index contributed by atoms with van der Waals surface area (Å²) < 4.78 is 1.79. The van der Waals surface area contributed by atoms with Gasteiger partial charge in [-0.1, -0.05) is 89.4 Å². The second-order valence-electron chi connectivity index (χ2n) is 7.75. The fourth-order valence-corrected chi connectivity index (χ4v) is 5.01. The minimum atomic E-state index is 0.441. The summed E-state index contributed by atoms with van der Waals surface area (Å²) in [6.07, 6.45) is 1.75. The van der Waals surface area contributed by atoms with Crippen LogP contribution in [-0.2, 0) is 12.3 Å². The van der Waals surface area contributed by atoms with Gasteiger partial charge in [0, 0.05) is 5.75 Å². The zero-order chi connectivity index (χ0) is 23.5. The Labute approximate surface area is 211 Å². The number of aryl methyl sites for hydroxylation is 1. The first-order valence-electron chi connectivity index (χ1n) is 10.6. The summed E-state index contributed by atoms with van der Waals surface area (Å²) in [5.41, 5.74) is 4.98. The highest BCUT2D eigenvalue weighted by molar-refractivity contribution is 7.98. The summed E-state index contributed by atoms with van der Waals surface area (Å²) in [5, 5.41) is 19.6. The minimum Gasteiger partial charge on any atom is -0.225 e. The molecule has 0 saturated heterocycles. The normalized spacial score (nSPS) is 11.1. The standard InChI is InChI=1S/C25H20Cl2N6S/c1-17-7-5-10-19(13-17)15-32-30-24(29-31-32)20-14-28-33(22-12-6-11-21(26)23(22)27)25(20)34-16-18-8-3-2-4-9-18/h2-14H,15-16H2,1H3. The van der Waals surface area contributed by atoms with Crippen LogP contribution in [0.5, 0.6) is 0 Å². The van der Waals surface area contributed by atoms with E-state index in [2.05, 4.69) is 57.8 Å². The summed E-state index contributed by atoms with van der Waals surface area (Å²) in [7, 11) is 0. The number of nitrogens with zero attached hydrogens (tertiary/aromatic N) is 6. The zero-order valence-corrected chi connectivity index (χ0v) is 20.6. The van der Waals surface area contributed by atoms with Gasteiger partial charge in [-0.05, 0) is 35.4 Å². The largest absolute Gasteiger partial charge is 0.225 e. The molecule has 5 aromatic rings. The highest BCUT2D eigenvalue weighted by Gasteiger charge is 2.21. The topological polar surface area (TPSA) is 61.4 Å². The first-order valence-corrected chi connectivity index (χ1v) is 12.4. The fraction of sp³-hybridized carbons (Fsp3) is 0.120. The Kier molecular flexibility index (Phi) is 6.67. The lowest BCUT2D eigenvalue weighted by Gasteiger charge is -2.11. The number of hydrogen-bond acceptors (Lipinski definition) is 5. The SMILES string of the molecule is Cc1cccc(Cn2nnc(-c3cnn(-c4cccc(Cl)c4Cl)c3SCc3ccccc3)n2)c1. The average molecular weight is 507 g/mol. The Balaban J connectivity index is 1.51. The van der Waals surface area contributed by atoms with Crippen LogP contribution in [0.15, 0.2) is 84.0 Å². The van der Waals surface area contributed by atoms with Gasteiger partial charge in [0.2, 0.25) is 5.82 Å². The molecule has 2 heterocycles. The lowest BCUT2D eigenvalue weighted by Crippen LogP contribution is -2.04. The van der Waals surface area contributed by atoms with Crippen molar-refractivity contribution in [3.05, 3.63) is 106 Å². The second kappa shape index (κ2) is 10.0. The summed E-state index contributed by atoms with van der Waals surface area (Å²) in [5.74, 6) is 1.25. The van der Waals surface area contributed by atoms with Crippen LogP contribution < -0.4 is 0 Å². The van der Waals surface area contributed by atoms with Gasteiger partial charge in [0.05, 0.1) is 34.0 Å². The maximum Gasteiger partial charge on any atom is 0.209 e. The summed E-state index contributed by atoms with van der Waals surface area (Å²) in [6, 6.07) is 24.0. The third-order valence-electron chi connectivity index (χ3n) is 5.20. The molecule has 170 valence electrons. The Hall–Kier alpha value is -3.13. The molecule has 0 aliphatic carbocycles. The van der Waals surface area contributed by atoms with Gasteiger partial charge in [-0.25, -0.2) is 4.68 Å². The van der Waals surface area contributed by atoms with Gasteiger partial charge < -0.3 is 0 Å². The molecule has 6 nitrogen and oxygen atoms in total. The van der Waals surface area contributed by atoms with Crippen molar-refractivity contribution in [2.45, 2.75) is 24.2 Å². The Bertz CT molecular complexity index is 1430. The Morgan fingerprint density at radius 1 is 0.912 bits per heavy atom. The molecule has 0 aliphatic heterocycles. The maximum atomic E-state index is 6.53. The van der Waals surface area contributed by atoms with Crippen molar-refractivity contribution in [2.75, 3.05) is 0 Å². The molecule has 0 fully saturated rings. The smallest absolute Gasteiger partial charge is 0.209 e. The van der Waals surface area contributed by atoms with E-state index in [1.807, 2.05) is 36.4 Å². The van der Waals surface area contributed by atoms with E-state index in [-0.39, 0.29) is 0 Å². The van der Waals surface area contributed by atoms with E-state index in [0.717, 1.165) is 21.9 Å². The number of halogens is 2. The molecule has 0 unspecified atom stereocenters. The Morgan fingerprint density at radius 3 is 2.53 bits per heavy atom. The highest BCUT2D eigenvalue weighted by atomic mass is 35.5. The van der Waals surface area contributed by atoms with E-state index < -0.39 is 0 Å². The van der Waals surface area contributed by atoms with Crippen LogP contribution in [-0.4, -0.2) is 30.0 Å². The molecule has 9 heteroatoms. The molecule has 0 aliphatic rings. The average Bonchev–Trinajstić information content (AvgIpc) is 3.47. The quantitative estimate of drug-likeness (QED) is 0.236. The van der Waals surface area contributed by atoms with E-state index in [1.54, 1.807) is 33.5 Å². The van der Waals surface area contributed by atoms with Crippen molar-refractivity contribution in [1.82, 2.24) is 30.0 Å². The highest BCUT2D eigenvalue weighted by Crippen LogP contribution is 2.36. The van der Waals surface area contributed by atoms with E-state index in [1.165, 1.54) is 11.1 Å². The predicted molar refractivity (Wildman–Crippen MR) is 137 cm³/mol. The molecule has 0 spiro atoms. The predicted octanol–water partition coefficient (Wildman–Crippen LogP) is 6.48. The zero-order valence-electron chi connectivity index (χ0n) is 18.3. The first kappa shape index (κ1) is 22.7. The van der Waals surface area contributed by atoms with Crippen molar-refractivity contribution in [3.8, 4) is 17.1 Å².